The molecule has 0 spiro atoms. The SMILES string of the molecule is CNCCC1CCN(CCOc2cccc(S(C)(=O)=O)c2)CC1.Cl. The van der Waals surface area contributed by atoms with Crippen LogP contribution in [0.4, 0.5) is 0 Å². The van der Waals surface area contributed by atoms with Gasteiger partial charge in [-0.3, -0.25) is 4.90 Å². The lowest BCUT2D eigenvalue weighted by molar-refractivity contribution is 0.151. The van der Waals surface area contributed by atoms with Gasteiger partial charge in [-0.1, -0.05) is 6.07 Å². The van der Waals surface area contributed by atoms with E-state index in [1.165, 1.54) is 25.5 Å². The first-order valence-electron chi connectivity index (χ1n) is 8.29. The average Bonchev–Trinajstić information content (AvgIpc) is 2.54. The van der Waals surface area contributed by atoms with Gasteiger partial charge in [0.25, 0.3) is 0 Å². The van der Waals surface area contributed by atoms with Crippen LogP contribution in [0.1, 0.15) is 19.3 Å². The minimum absolute atomic E-state index is 0. The normalized spacial score (nSPS) is 16.6. The summed E-state index contributed by atoms with van der Waals surface area (Å²) < 4.78 is 28.8. The molecule has 0 aromatic heterocycles. The zero-order valence-electron chi connectivity index (χ0n) is 14.5. The summed E-state index contributed by atoms with van der Waals surface area (Å²) in [5, 5.41) is 3.22. The van der Waals surface area contributed by atoms with Crippen molar-refractivity contribution in [1.82, 2.24) is 10.2 Å². The summed E-state index contributed by atoms with van der Waals surface area (Å²) in [5.41, 5.74) is 0. The molecule has 0 unspecified atom stereocenters. The van der Waals surface area contributed by atoms with Crippen molar-refractivity contribution in [2.24, 2.45) is 5.92 Å². The standard InChI is InChI=1S/C17H28N2O3S.ClH/c1-18-9-6-15-7-10-19(11-8-15)12-13-22-16-4-3-5-17(14-16)23(2,20)21;/h3-5,14-15,18H,6-13H2,1-2H3;1H. The quantitative estimate of drug-likeness (QED) is 0.753. The molecule has 1 aromatic carbocycles. The molecule has 0 aliphatic carbocycles. The van der Waals surface area contributed by atoms with E-state index in [-0.39, 0.29) is 12.4 Å². The van der Waals surface area contributed by atoms with E-state index in [1.807, 2.05) is 7.05 Å². The van der Waals surface area contributed by atoms with Crippen LogP contribution in [0.15, 0.2) is 29.2 Å². The molecule has 1 saturated heterocycles. The number of hydrogen-bond donors (Lipinski definition) is 1. The number of halogens is 1. The molecule has 1 aromatic rings. The molecule has 138 valence electrons. The second-order valence-corrected chi connectivity index (χ2v) is 8.29. The number of likely N-dealkylation sites (tertiary alicyclic amines) is 1. The van der Waals surface area contributed by atoms with Gasteiger partial charge < -0.3 is 10.1 Å². The van der Waals surface area contributed by atoms with Crippen LogP contribution in [-0.2, 0) is 9.84 Å². The maximum atomic E-state index is 11.5. The van der Waals surface area contributed by atoms with Crippen LogP contribution in [-0.4, -0.2) is 59.4 Å². The van der Waals surface area contributed by atoms with Crippen molar-refractivity contribution in [2.45, 2.75) is 24.2 Å². The maximum absolute atomic E-state index is 11.5. The fourth-order valence-electron chi connectivity index (χ4n) is 2.93. The molecular formula is C17H29ClN2O3S. The van der Waals surface area contributed by atoms with Crippen molar-refractivity contribution in [2.75, 3.05) is 46.1 Å². The largest absolute Gasteiger partial charge is 0.492 e. The van der Waals surface area contributed by atoms with Crippen molar-refractivity contribution in [3.63, 3.8) is 0 Å². The van der Waals surface area contributed by atoms with Gasteiger partial charge in [-0.2, -0.15) is 0 Å². The lowest BCUT2D eigenvalue weighted by atomic mass is 9.93. The van der Waals surface area contributed by atoms with Crippen LogP contribution in [0.5, 0.6) is 5.75 Å². The Bertz CT molecular complexity index is 587. The summed E-state index contributed by atoms with van der Waals surface area (Å²) in [6.45, 7) is 4.84. The molecule has 1 aliphatic heterocycles. The molecule has 0 amide bonds. The van der Waals surface area contributed by atoms with Gasteiger partial charge in [0.1, 0.15) is 12.4 Å². The minimum Gasteiger partial charge on any atom is -0.492 e. The monoisotopic (exact) mass is 376 g/mol. The number of piperidine rings is 1. The average molecular weight is 377 g/mol. The van der Waals surface area contributed by atoms with Crippen molar-refractivity contribution < 1.29 is 13.2 Å². The lowest BCUT2D eigenvalue weighted by Crippen LogP contribution is -2.37. The van der Waals surface area contributed by atoms with Crippen molar-refractivity contribution in [3.05, 3.63) is 24.3 Å². The number of nitrogens with one attached hydrogen (secondary N) is 1. The number of rotatable bonds is 8. The lowest BCUT2D eigenvalue weighted by Gasteiger charge is -2.31. The minimum atomic E-state index is -3.18. The van der Waals surface area contributed by atoms with Crippen molar-refractivity contribution in [3.8, 4) is 5.75 Å². The zero-order valence-corrected chi connectivity index (χ0v) is 16.2. The third-order valence-electron chi connectivity index (χ3n) is 4.42. The third kappa shape index (κ3) is 6.97. The van der Waals surface area contributed by atoms with E-state index < -0.39 is 9.84 Å². The highest BCUT2D eigenvalue weighted by Gasteiger charge is 2.18. The van der Waals surface area contributed by atoms with Gasteiger partial charge in [-0.05, 0) is 70.1 Å². The first kappa shape index (κ1) is 21.2. The van der Waals surface area contributed by atoms with Gasteiger partial charge in [0.15, 0.2) is 9.84 Å². The van der Waals surface area contributed by atoms with Crippen LogP contribution in [0.25, 0.3) is 0 Å². The smallest absolute Gasteiger partial charge is 0.175 e. The van der Waals surface area contributed by atoms with Crippen molar-refractivity contribution >= 4 is 22.2 Å². The molecule has 0 bridgehead atoms. The zero-order chi connectivity index (χ0) is 16.7. The molecule has 1 aliphatic rings. The molecular weight excluding hydrogens is 348 g/mol. The summed E-state index contributed by atoms with van der Waals surface area (Å²) in [7, 11) is -1.18. The molecule has 0 atom stereocenters. The Balaban J connectivity index is 0.00000288. The van der Waals surface area contributed by atoms with Gasteiger partial charge in [0, 0.05) is 12.8 Å². The summed E-state index contributed by atoms with van der Waals surface area (Å²) in [4.78, 5) is 2.73. The Labute approximate surface area is 152 Å². The second kappa shape index (κ2) is 10.2. The predicted octanol–water partition coefficient (Wildman–Crippen LogP) is 2.21. The second-order valence-electron chi connectivity index (χ2n) is 6.27. The molecule has 1 heterocycles. The van der Waals surface area contributed by atoms with Gasteiger partial charge >= 0.3 is 0 Å². The van der Waals surface area contributed by atoms with Crippen LogP contribution in [0.2, 0.25) is 0 Å². The van der Waals surface area contributed by atoms with Crippen LogP contribution in [0, 0.1) is 5.92 Å². The van der Waals surface area contributed by atoms with Crippen LogP contribution < -0.4 is 10.1 Å². The number of hydrogen-bond acceptors (Lipinski definition) is 5. The number of ether oxygens (including phenoxy) is 1. The predicted molar refractivity (Wildman–Crippen MR) is 100 cm³/mol. The molecule has 5 nitrogen and oxygen atoms in total. The molecule has 1 N–H and O–H groups in total. The van der Waals surface area contributed by atoms with E-state index in [9.17, 15) is 8.42 Å². The topological polar surface area (TPSA) is 58.6 Å². The Morgan fingerprint density at radius 2 is 2.00 bits per heavy atom. The molecule has 0 saturated carbocycles. The van der Waals surface area contributed by atoms with Gasteiger partial charge in [-0.15, -0.1) is 12.4 Å². The summed E-state index contributed by atoms with van der Waals surface area (Å²) in [6.07, 6.45) is 4.99. The first-order valence-corrected chi connectivity index (χ1v) is 10.2. The summed E-state index contributed by atoms with van der Waals surface area (Å²) >= 11 is 0. The molecule has 2 rings (SSSR count). The highest BCUT2D eigenvalue weighted by molar-refractivity contribution is 7.90. The number of nitrogens with zero attached hydrogens (tertiary/aromatic N) is 1. The van der Waals surface area contributed by atoms with E-state index in [1.54, 1.807) is 24.3 Å². The Morgan fingerprint density at radius 1 is 1.29 bits per heavy atom. The Kier molecular flexibility index (Phi) is 9.05. The van der Waals surface area contributed by atoms with E-state index >= 15 is 0 Å². The Hall–Kier alpha value is -0.820. The van der Waals surface area contributed by atoms with Crippen molar-refractivity contribution in [1.29, 1.82) is 0 Å². The third-order valence-corrected chi connectivity index (χ3v) is 5.53. The fraction of sp³-hybridized carbons (Fsp3) is 0.647. The highest BCUT2D eigenvalue weighted by Crippen LogP contribution is 2.20. The molecule has 7 heteroatoms. The maximum Gasteiger partial charge on any atom is 0.175 e. The van der Waals surface area contributed by atoms with E-state index in [2.05, 4.69) is 10.2 Å². The molecule has 24 heavy (non-hydrogen) atoms. The van der Waals surface area contributed by atoms with E-state index in [0.29, 0.717) is 17.3 Å². The first-order chi connectivity index (χ1) is 11.0. The summed E-state index contributed by atoms with van der Waals surface area (Å²) in [6, 6.07) is 6.72. The van der Waals surface area contributed by atoms with Gasteiger partial charge in [0.05, 0.1) is 4.90 Å². The molecule has 1 fully saturated rings. The van der Waals surface area contributed by atoms with Gasteiger partial charge in [0.2, 0.25) is 0 Å². The fourth-order valence-corrected chi connectivity index (χ4v) is 3.59. The van der Waals surface area contributed by atoms with Crippen LogP contribution >= 0.6 is 12.4 Å². The van der Waals surface area contributed by atoms with Gasteiger partial charge in [-0.25, -0.2) is 8.42 Å². The van der Waals surface area contributed by atoms with Crippen LogP contribution in [0.3, 0.4) is 0 Å². The number of sulfone groups is 1. The number of benzene rings is 1. The Morgan fingerprint density at radius 3 is 2.62 bits per heavy atom. The van der Waals surface area contributed by atoms with E-state index in [0.717, 1.165) is 32.1 Å². The highest BCUT2D eigenvalue weighted by atomic mass is 35.5. The molecule has 0 radical (unpaired) electrons. The summed E-state index contributed by atoms with van der Waals surface area (Å²) in [5.74, 6) is 1.46. The van der Waals surface area contributed by atoms with E-state index in [4.69, 9.17) is 4.74 Å².